The molecule has 0 radical (unpaired) electrons. The third kappa shape index (κ3) is 3.51. The lowest BCUT2D eigenvalue weighted by molar-refractivity contribution is 0.207. The van der Waals surface area contributed by atoms with E-state index in [-0.39, 0.29) is 6.10 Å². The summed E-state index contributed by atoms with van der Waals surface area (Å²) in [4.78, 5) is 4.20. The van der Waals surface area contributed by atoms with Gasteiger partial charge in [0.05, 0.1) is 6.10 Å². The average Bonchev–Trinajstić information content (AvgIpc) is 2.18. The highest BCUT2D eigenvalue weighted by molar-refractivity contribution is 5.32. The van der Waals surface area contributed by atoms with Gasteiger partial charge < -0.3 is 10.5 Å². The van der Waals surface area contributed by atoms with Gasteiger partial charge >= 0.3 is 0 Å². The number of hydrogen-bond acceptors (Lipinski definition) is 3. The van der Waals surface area contributed by atoms with E-state index < -0.39 is 0 Å². The molecule has 1 aromatic rings. The third-order valence-corrected chi connectivity index (χ3v) is 2.32. The predicted molar refractivity (Wildman–Crippen MR) is 61.9 cm³/mol. The topological polar surface area (TPSA) is 48.1 Å². The maximum Gasteiger partial charge on any atom is 0.127 e. The highest BCUT2D eigenvalue weighted by Gasteiger charge is 2.07. The van der Waals surface area contributed by atoms with Crippen molar-refractivity contribution >= 4 is 0 Å². The number of nitrogens with two attached hydrogens (primary N) is 1. The van der Waals surface area contributed by atoms with Gasteiger partial charge in [-0.05, 0) is 20.3 Å². The molecule has 0 aliphatic heterocycles. The highest BCUT2D eigenvalue weighted by Crippen LogP contribution is 2.20. The van der Waals surface area contributed by atoms with Crippen molar-refractivity contribution in [2.45, 2.75) is 46.3 Å². The highest BCUT2D eigenvalue weighted by atomic mass is 16.5. The van der Waals surface area contributed by atoms with E-state index in [1.54, 1.807) is 6.20 Å². The second kappa shape index (κ2) is 5.71. The van der Waals surface area contributed by atoms with E-state index in [0.29, 0.717) is 6.54 Å². The summed E-state index contributed by atoms with van der Waals surface area (Å²) in [7, 11) is 0. The molecule has 0 aliphatic carbocycles. The Kier molecular flexibility index (Phi) is 4.56. The van der Waals surface area contributed by atoms with Crippen LogP contribution in [-0.4, -0.2) is 11.1 Å². The van der Waals surface area contributed by atoms with Crippen LogP contribution in [0.1, 0.15) is 37.9 Å². The molecule has 0 fully saturated rings. The fraction of sp³-hybridized carbons (Fsp3) is 0.583. The molecule has 1 aromatic heterocycles. The molecule has 0 saturated heterocycles. The van der Waals surface area contributed by atoms with Crippen molar-refractivity contribution in [1.29, 1.82) is 0 Å². The minimum Gasteiger partial charge on any atom is -0.490 e. The van der Waals surface area contributed by atoms with Crippen LogP contribution in [0.2, 0.25) is 0 Å². The summed E-state index contributed by atoms with van der Waals surface area (Å²) >= 11 is 0. The summed E-state index contributed by atoms with van der Waals surface area (Å²) in [5, 5.41) is 0. The van der Waals surface area contributed by atoms with Crippen LogP contribution in [0.3, 0.4) is 0 Å². The molecular weight excluding hydrogens is 188 g/mol. The van der Waals surface area contributed by atoms with Crippen LogP contribution in [0.5, 0.6) is 5.75 Å². The Bertz CT molecular complexity index is 312. The minimum atomic E-state index is 0.238. The number of aromatic nitrogens is 1. The lowest BCUT2D eigenvalue weighted by Gasteiger charge is -2.16. The van der Waals surface area contributed by atoms with E-state index in [4.69, 9.17) is 10.5 Å². The molecule has 1 atom stereocenters. The lowest BCUT2D eigenvalue weighted by atomic mass is 10.2. The first kappa shape index (κ1) is 12.0. The van der Waals surface area contributed by atoms with Crippen LogP contribution >= 0.6 is 0 Å². The van der Waals surface area contributed by atoms with Crippen LogP contribution in [0.15, 0.2) is 12.3 Å². The zero-order valence-corrected chi connectivity index (χ0v) is 9.79. The number of pyridine rings is 1. The van der Waals surface area contributed by atoms with Gasteiger partial charge in [-0.1, -0.05) is 13.3 Å². The maximum atomic E-state index is 5.84. The maximum absolute atomic E-state index is 5.84. The van der Waals surface area contributed by atoms with Gasteiger partial charge in [-0.2, -0.15) is 0 Å². The molecule has 0 spiro atoms. The van der Waals surface area contributed by atoms with Crippen molar-refractivity contribution < 1.29 is 4.74 Å². The molecule has 3 heteroatoms. The predicted octanol–water partition coefficient (Wildman–Crippen LogP) is 2.42. The largest absolute Gasteiger partial charge is 0.490 e. The summed E-state index contributed by atoms with van der Waals surface area (Å²) < 4.78 is 5.84. The van der Waals surface area contributed by atoms with E-state index in [1.165, 1.54) is 0 Å². The van der Waals surface area contributed by atoms with Gasteiger partial charge in [-0.15, -0.1) is 0 Å². The lowest BCUT2D eigenvalue weighted by Crippen LogP contribution is -2.13. The fourth-order valence-corrected chi connectivity index (χ4v) is 1.51. The molecule has 0 bridgehead atoms. The molecule has 84 valence electrons. The van der Waals surface area contributed by atoms with E-state index in [0.717, 1.165) is 29.8 Å². The van der Waals surface area contributed by atoms with E-state index in [9.17, 15) is 0 Å². The Morgan fingerprint density at radius 2 is 2.27 bits per heavy atom. The molecule has 0 saturated carbocycles. The molecule has 15 heavy (non-hydrogen) atoms. The van der Waals surface area contributed by atoms with Crippen molar-refractivity contribution in [3.8, 4) is 5.75 Å². The number of nitrogens with zero attached hydrogens (tertiary/aromatic N) is 1. The van der Waals surface area contributed by atoms with Crippen LogP contribution in [0.4, 0.5) is 0 Å². The second-order valence-electron chi connectivity index (χ2n) is 3.85. The Morgan fingerprint density at radius 3 is 2.87 bits per heavy atom. The van der Waals surface area contributed by atoms with Gasteiger partial charge in [0.1, 0.15) is 5.75 Å². The van der Waals surface area contributed by atoms with Crippen molar-refractivity contribution in [2.75, 3.05) is 0 Å². The molecule has 0 amide bonds. The van der Waals surface area contributed by atoms with E-state index in [2.05, 4.69) is 18.8 Å². The smallest absolute Gasteiger partial charge is 0.127 e. The van der Waals surface area contributed by atoms with Crippen LogP contribution in [-0.2, 0) is 6.54 Å². The molecule has 2 N–H and O–H groups in total. The van der Waals surface area contributed by atoms with E-state index in [1.807, 2.05) is 13.0 Å². The zero-order valence-electron chi connectivity index (χ0n) is 9.79. The summed E-state index contributed by atoms with van der Waals surface area (Å²) in [6, 6.07) is 1.95. The Morgan fingerprint density at radius 1 is 1.53 bits per heavy atom. The Labute approximate surface area is 91.7 Å². The number of aryl methyl sites for hydroxylation is 1. The van der Waals surface area contributed by atoms with Gasteiger partial charge in [-0.25, -0.2) is 0 Å². The number of hydrogen-bond donors (Lipinski definition) is 1. The molecule has 1 rings (SSSR count). The molecule has 0 aliphatic rings. The number of ether oxygens (including phenoxy) is 1. The quantitative estimate of drug-likeness (QED) is 0.808. The van der Waals surface area contributed by atoms with Gasteiger partial charge in [0, 0.05) is 30.1 Å². The number of rotatable bonds is 5. The first-order valence-corrected chi connectivity index (χ1v) is 5.49. The van der Waals surface area contributed by atoms with Crippen molar-refractivity contribution in [3.05, 3.63) is 23.5 Å². The first-order valence-electron chi connectivity index (χ1n) is 5.49. The molecule has 3 nitrogen and oxygen atoms in total. The third-order valence-electron chi connectivity index (χ3n) is 2.32. The summed E-state index contributed by atoms with van der Waals surface area (Å²) in [6.45, 7) is 6.67. The SMILES string of the molecule is CCCC(C)Oc1cc(C)ncc1CN. The first-order chi connectivity index (χ1) is 7.17. The van der Waals surface area contributed by atoms with Crippen molar-refractivity contribution in [3.63, 3.8) is 0 Å². The van der Waals surface area contributed by atoms with Crippen molar-refractivity contribution in [2.24, 2.45) is 5.73 Å². The van der Waals surface area contributed by atoms with Gasteiger partial charge in [0.15, 0.2) is 0 Å². The minimum absolute atomic E-state index is 0.238. The average molecular weight is 208 g/mol. The summed E-state index contributed by atoms with van der Waals surface area (Å²) in [6.07, 6.45) is 4.22. The standard InChI is InChI=1S/C12H20N2O/c1-4-5-10(3)15-12-6-9(2)14-8-11(12)7-13/h6,8,10H,4-5,7,13H2,1-3H3. The fourth-order valence-electron chi connectivity index (χ4n) is 1.51. The van der Waals surface area contributed by atoms with Gasteiger partial charge in [0.2, 0.25) is 0 Å². The molecule has 0 aromatic carbocycles. The monoisotopic (exact) mass is 208 g/mol. The Balaban J connectivity index is 2.77. The van der Waals surface area contributed by atoms with E-state index >= 15 is 0 Å². The Hall–Kier alpha value is -1.09. The molecular formula is C12H20N2O. The summed E-state index contributed by atoms with van der Waals surface area (Å²) in [5.74, 6) is 0.881. The second-order valence-corrected chi connectivity index (χ2v) is 3.85. The van der Waals surface area contributed by atoms with Crippen LogP contribution < -0.4 is 10.5 Å². The molecule has 1 unspecified atom stereocenters. The molecule has 1 heterocycles. The van der Waals surface area contributed by atoms with Crippen LogP contribution in [0.25, 0.3) is 0 Å². The summed E-state index contributed by atoms with van der Waals surface area (Å²) in [5.41, 5.74) is 7.57. The normalized spacial score (nSPS) is 12.5. The van der Waals surface area contributed by atoms with Crippen LogP contribution in [0, 0.1) is 6.92 Å². The van der Waals surface area contributed by atoms with Crippen molar-refractivity contribution in [1.82, 2.24) is 4.98 Å². The van der Waals surface area contributed by atoms with Gasteiger partial charge in [0.25, 0.3) is 0 Å². The zero-order chi connectivity index (χ0) is 11.3. The van der Waals surface area contributed by atoms with Gasteiger partial charge in [-0.3, -0.25) is 4.98 Å².